The van der Waals surface area contributed by atoms with E-state index in [2.05, 4.69) is 31.9 Å². The molecule has 0 amide bonds. The Kier molecular flexibility index (Phi) is 5.85. The fourth-order valence-electron chi connectivity index (χ4n) is 2.00. The smallest absolute Gasteiger partial charge is 0.246 e. The van der Waals surface area contributed by atoms with Crippen LogP contribution in [-0.4, -0.2) is 25.8 Å². The van der Waals surface area contributed by atoms with Gasteiger partial charge >= 0.3 is 0 Å². The van der Waals surface area contributed by atoms with Gasteiger partial charge in [-0.05, 0) is 40.9 Å². The van der Waals surface area contributed by atoms with Crippen LogP contribution in [0.4, 0.5) is 5.69 Å². The molecule has 0 unspecified atom stereocenters. The number of nitrogens with two attached hydrogens (primary N) is 1. The van der Waals surface area contributed by atoms with Gasteiger partial charge in [0.25, 0.3) is 0 Å². The molecule has 0 saturated heterocycles. The van der Waals surface area contributed by atoms with Crippen LogP contribution in [0.3, 0.4) is 0 Å². The average Bonchev–Trinajstić information content (AvgIpc) is 2.28. The first-order chi connectivity index (χ1) is 8.75. The highest BCUT2D eigenvalue weighted by Crippen LogP contribution is 2.34. The molecule has 1 aromatic carbocycles. The maximum Gasteiger partial charge on any atom is 0.246 e. The van der Waals surface area contributed by atoms with Crippen LogP contribution in [-0.2, 0) is 10.0 Å². The third-order valence-corrected chi connectivity index (χ3v) is 6.50. The highest BCUT2D eigenvalue weighted by atomic mass is 79.9. The summed E-state index contributed by atoms with van der Waals surface area (Å²) < 4.78 is 27.9. The average molecular weight is 414 g/mol. The molecule has 0 bridgehead atoms. The Morgan fingerprint density at radius 3 is 2.21 bits per heavy atom. The zero-order chi connectivity index (χ0) is 14.8. The Balaban J connectivity index is 3.36. The van der Waals surface area contributed by atoms with Crippen molar-refractivity contribution in [3.63, 3.8) is 0 Å². The van der Waals surface area contributed by atoms with E-state index >= 15 is 0 Å². The molecule has 0 spiro atoms. The summed E-state index contributed by atoms with van der Waals surface area (Å²) in [6.45, 7) is 3.94. The molecule has 108 valence electrons. The number of halogens is 2. The minimum absolute atomic E-state index is 0.0278. The Hall–Kier alpha value is -0.110. The molecular formula is C12H18Br2N2O2S. The van der Waals surface area contributed by atoms with Crippen molar-refractivity contribution < 1.29 is 8.42 Å². The molecule has 0 aliphatic rings. The summed E-state index contributed by atoms with van der Waals surface area (Å²) in [6, 6.07) is 3.25. The van der Waals surface area contributed by atoms with Gasteiger partial charge in [-0.1, -0.05) is 29.8 Å². The van der Waals surface area contributed by atoms with Gasteiger partial charge < -0.3 is 5.73 Å². The Labute approximate surface area is 131 Å². The van der Waals surface area contributed by atoms with Gasteiger partial charge in [-0.3, -0.25) is 0 Å². The quantitative estimate of drug-likeness (QED) is 0.750. The lowest BCUT2D eigenvalue weighted by molar-refractivity contribution is 0.349. The van der Waals surface area contributed by atoms with E-state index in [1.54, 1.807) is 19.2 Å². The van der Waals surface area contributed by atoms with Crippen LogP contribution in [0.25, 0.3) is 0 Å². The van der Waals surface area contributed by atoms with Crippen LogP contribution in [0.2, 0.25) is 0 Å². The van der Waals surface area contributed by atoms with Crippen LogP contribution in [0, 0.1) is 0 Å². The Bertz CT molecular complexity index is 534. The predicted octanol–water partition coefficient (Wildman–Crippen LogP) is 3.60. The molecule has 0 saturated carbocycles. The lowest BCUT2D eigenvalue weighted by atomic mass is 10.2. The normalized spacial score (nSPS) is 12.4. The van der Waals surface area contributed by atoms with Gasteiger partial charge in [0.05, 0.1) is 5.69 Å². The number of hydrogen-bond acceptors (Lipinski definition) is 3. The number of sulfonamides is 1. The minimum Gasteiger partial charge on any atom is -0.398 e. The first kappa shape index (κ1) is 16.9. The summed E-state index contributed by atoms with van der Waals surface area (Å²) in [5.41, 5.74) is 6.10. The summed E-state index contributed by atoms with van der Waals surface area (Å²) in [5.74, 6) is 0. The molecule has 0 radical (unpaired) electrons. The molecule has 0 heterocycles. The molecule has 0 fully saturated rings. The molecule has 19 heavy (non-hydrogen) atoms. The lowest BCUT2D eigenvalue weighted by Crippen LogP contribution is -2.36. The number of rotatable bonds is 5. The van der Waals surface area contributed by atoms with Crippen LogP contribution in [0.5, 0.6) is 0 Å². The zero-order valence-electron chi connectivity index (χ0n) is 11.2. The van der Waals surface area contributed by atoms with E-state index in [1.807, 2.05) is 13.8 Å². The van der Waals surface area contributed by atoms with E-state index < -0.39 is 10.0 Å². The van der Waals surface area contributed by atoms with E-state index in [0.717, 1.165) is 17.3 Å². The Morgan fingerprint density at radius 1 is 1.26 bits per heavy atom. The van der Waals surface area contributed by atoms with Gasteiger partial charge in [0.15, 0.2) is 0 Å². The van der Waals surface area contributed by atoms with Crippen molar-refractivity contribution in [1.82, 2.24) is 4.31 Å². The van der Waals surface area contributed by atoms with Crippen molar-refractivity contribution in [2.45, 2.75) is 37.6 Å². The summed E-state index contributed by atoms with van der Waals surface area (Å²) >= 11 is 6.57. The molecule has 1 aromatic rings. The zero-order valence-corrected chi connectivity index (χ0v) is 15.1. The number of nitrogens with zero attached hydrogens (tertiary/aromatic N) is 1. The third kappa shape index (κ3) is 3.51. The largest absolute Gasteiger partial charge is 0.398 e. The van der Waals surface area contributed by atoms with E-state index in [4.69, 9.17) is 5.73 Å². The number of anilines is 1. The lowest BCUT2D eigenvalue weighted by Gasteiger charge is -2.26. The topological polar surface area (TPSA) is 63.4 Å². The van der Waals surface area contributed by atoms with Crippen molar-refractivity contribution >= 4 is 47.6 Å². The van der Waals surface area contributed by atoms with Crippen molar-refractivity contribution in [3.05, 3.63) is 21.1 Å². The standard InChI is InChI=1S/C12H18Br2N2O2S/c1-4-9(5-2)16(3)19(17,18)12-10(14)6-8(13)7-11(12)15/h6-7,9H,4-5,15H2,1-3H3. The van der Waals surface area contributed by atoms with E-state index in [9.17, 15) is 8.42 Å². The minimum atomic E-state index is -3.60. The summed E-state index contributed by atoms with van der Waals surface area (Å²) in [6.07, 6.45) is 1.53. The van der Waals surface area contributed by atoms with Crippen molar-refractivity contribution in [1.29, 1.82) is 0 Å². The molecule has 7 heteroatoms. The van der Waals surface area contributed by atoms with Gasteiger partial charge in [-0.25, -0.2) is 8.42 Å². The highest BCUT2D eigenvalue weighted by Gasteiger charge is 2.30. The molecule has 2 N–H and O–H groups in total. The van der Waals surface area contributed by atoms with Gasteiger partial charge in [0.1, 0.15) is 4.90 Å². The molecular weight excluding hydrogens is 396 g/mol. The molecule has 1 rings (SSSR count). The van der Waals surface area contributed by atoms with Gasteiger partial charge in [0, 0.05) is 22.0 Å². The Morgan fingerprint density at radius 2 is 1.79 bits per heavy atom. The SMILES string of the molecule is CCC(CC)N(C)S(=O)(=O)c1c(N)cc(Br)cc1Br. The number of nitrogen functional groups attached to an aromatic ring is 1. The summed E-state index contributed by atoms with van der Waals surface area (Å²) in [7, 11) is -2.00. The third-order valence-electron chi connectivity index (χ3n) is 3.13. The van der Waals surface area contributed by atoms with Crippen LogP contribution in [0.15, 0.2) is 26.0 Å². The van der Waals surface area contributed by atoms with Gasteiger partial charge in [-0.2, -0.15) is 4.31 Å². The van der Waals surface area contributed by atoms with Crippen molar-refractivity contribution in [2.75, 3.05) is 12.8 Å². The highest BCUT2D eigenvalue weighted by molar-refractivity contribution is 9.11. The second kappa shape index (κ2) is 6.56. The maximum atomic E-state index is 12.6. The monoisotopic (exact) mass is 412 g/mol. The second-order valence-corrected chi connectivity index (χ2v) is 8.00. The molecule has 0 aliphatic heterocycles. The van der Waals surface area contributed by atoms with Gasteiger partial charge in [-0.15, -0.1) is 0 Å². The first-order valence-corrected chi connectivity index (χ1v) is 9.00. The number of hydrogen-bond donors (Lipinski definition) is 1. The maximum absolute atomic E-state index is 12.6. The fourth-order valence-corrected chi connectivity index (χ4v) is 5.51. The van der Waals surface area contributed by atoms with E-state index in [1.165, 1.54) is 4.31 Å². The van der Waals surface area contributed by atoms with E-state index in [0.29, 0.717) is 4.47 Å². The van der Waals surface area contributed by atoms with Crippen LogP contribution in [0.1, 0.15) is 26.7 Å². The summed E-state index contributed by atoms with van der Waals surface area (Å²) in [5, 5.41) is 0. The molecule has 0 aromatic heterocycles. The molecule has 0 aliphatic carbocycles. The molecule has 4 nitrogen and oxygen atoms in total. The van der Waals surface area contributed by atoms with Crippen molar-refractivity contribution in [3.8, 4) is 0 Å². The van der Waals surface area contributed by atoms with E-state index in [-0.39, 0.29) is 16.6 Å². The first-order valence-electron chi connectivity index (χ1n) is 5.98. The number of benzene rings is 1. The summed E-state index contributed by atoms with van der Waals surface area (Å²) in [4.78, 5) is 0.130. The van der Waals surface area contributed by atoms with Gasteiger partial charge in [0.2, 0.25) is 10.0 Å². The van der Waals surface area contributed by atoms with Crippen LogP contribution >= 0.6 is 31.9 Å². The van der Waals surface area contributed by atoms with Crippen LogP contribution < -0.4 is 5.73 Å². The second-order valence-electron chi connectivity index (χ2n) is 4.30. The molecule has 0 atom stereocenters. The fraction of sp³-hybridized carbons (Fsp3) is 0.500. The van der Waals surface area contributed by atoms with Crippen molar-refractivity contribution in [2.24, 2.45) is 0 Å². The predicted molar refractivity (Wildman–Crippen MR) is 85.6 cm³/mol.